The molecule has 0 bridgehead atoms. The maximum absolute atomic E-state index is 14.1. The van der Waals surface area contributed by atoms with E-state index in [4.69, 9.17) is 13.9 Å². The molecule has 6 rings (SSSR count). The first-order valence-electron chi connectivity index (χ1n) is 13.1. The summed E-state index contributed by atoms with van der Waals surface area (Å²) in [6.45, 7) is 4.46. The average molecular weight is 533 g/mol. The van der Waals surface area contributed by atoms with Gasteiger partial charge in [-0.25, -0.2) is 0 Å². The van der Waals surface area contributed by atoms with Gasteiger partial charge in [-0.15, -0.1) is 0 Å². The van der Waals surface area contributed by atoms with Crippen LogP contribution < -0.4 is 14.9 Å². The molecule has 1 unspecified atom stereocenters. The molecule has 5 aromatic rings. The minimum Gasteiger partial charge on any atom is -0.493 e. The molecule has 1 aliphatic heterocycles. The summed E-state index contributed by atoms with van der Waals surface area (Å²) in [5, 5.41) is 0.486. The van der Waals surface area contributed by atoms with Crippen molar-refractivity contribution in [3.8, 4) is 11.5 Å². The Morgan fingerprint density at radius 2 is 1.73 bits per heavy atom. The Morgan fingerprint density at radius 1 is 0.925 bits per heavy atom. The van der Waals surface area contributed by atoms with Crippen molar-refractivity contribution in [3.63, 3.8) is 0 Å². The zero-order valence-electron chi connectivity index (χ0n) is 22.5. The summed E-state index contributed by atoms with van der Waals surface area (Å²) in [5.74, 6) is 0.799. The lowest BCUT2D eigenvalue weighted by atomic mass is 9.96. The molecule has 3 aromatic carbocycles. The topological polar surface area (TPSA) is 81.9 Å². The van der Waals surface area contributed by atoms with Crippen molar-refractivity contribution in [2.45, 2.75) is 33.0 Å². The lowest BCUT2D eigenvalue weighted by Crippen LogP contribution is -2.29. The van der Waals surface area contributed by atoms with Crippen molar-refractivity contribution < 1.29 is 18.7 Å². The molecular weight excluding hydrogens is 504 g/mol. The quantitative estimate of drug-likeness (QED) is 0.251. The smallest absolute Gasteiger partial charge is 0.291 e. The highest BCUT2D eigenvalue weighted by Gasteiger charge is 2.43. The summed E-state index contributed by atoms with van der Waals surface area (Å²) in [4.78, 5) is 33.8. The van der Waals surface area contributed by atoms with Crippen LogP contribution in [0.4, 0.5) is 0 Å². The van der Waals surface area contributed by atoms with Crippen LogP contribution in [0.1, 0.15) is 50.0 Å². The van der Waals surface area contributed by atoms with Gasteiger partial charge in [-0.05, 0) is 65.9 Å². The van der Waals surface area contributed by atoms with E-state index >= 15 is 0 Å². The van der Waals surface area contributed by atoms with Crippen LogP contribution in [0.15, 0.2) is 94.4 Å². The maximum atomic E-state index is 14.1. The largest absolute Gasteiger partial charge is 0.493 e. The fourth-order valence-corrected chi connectivity index (χ4v) is 5.42. The van der Waals surface area contributed by atoms with Crippen LogP contribution in [0, 0.1) is 13.8 Å². The number of hydrogen-bond acceptors (Lipinski definition) is 6. The summed E-state index contributed by atoms with van der Waals surface area (Å²) in [6.07, 6.45) is 3.40. The lowest BCUT2D eigenvalue weighted by Gasteiger charge is -2.26. The summed E-state index contributed by atoms with van der Waals surface area (Å²) >= 11 is 0. The molecule has 1 aliphatic rings. The van der Waals surface area contributed by atoms with Gasteiger partial charge in [-0.2, -0.15) is 0 Å². The zero-order chi connectivity index (χ0) is 27.8. The fraction of sp³-hybridized carbons (Fsp3) is 0.182. The molecule has 0 spiro atoms. The zero-order valence-corrected chi connectivity index (χ0v) is 22.5. The maximum Gasteiger partial charge on any atom is 0.291 e. The standard InChI is InChI=1S/C33H28N2O5/c1-20-14-21(2)28-27(15-20)40-32-29(31(28)36)30(35(33(32)37)18-23-10-7-13-34-17-23)24-11-12-25(26(16-24)38-3)39-19-22-8-5-4-6-9-22/h4-17,30H,18-19H2,1-3H3. The van der Waals surface area contributed by atoms with Crippen LogP contribution in [0.3, 0.4) is 0 Å². The van der Waals surface area contributed by atoms with Crippen LogP contribution in [0.2, 0.25) is 0 Å². The Hall–Kier alpha value is -4.91. The van der Waals surface area contributed by atoms with Crippen LogP contribution >= 0.6 is 0 Å². The number of pyridine rings is 1. The van der Waals surface area contributed by atoms with Crippen molar-refractivity contribution in [1.29, 1.82) is 0 Å². The molecule has 0 N–H and O–H groups in total. The van der Waals surface area contributed by atoms with Crippen molar-refractivity contribution in [2.24, 2.45) is 0 Å². The SMILES string of the molecule is COc1cc(C2c3c(oc4cc(C)cc(C)c4c3=O)C(=O)N2Cc2cccnc2)ccc1OCc1ccccc1. The van der Waals surface area contributed by atoms with E-state index < -0.39 is 6.04 Å². The summed E-state index contributed by atoms with van der Waals surface area (Å²) in [6, 6.07) is 22.2. The van der Waals surface area contributed by atoms with Crippen molar-refractivity contribution in [1.82, 2.24) is 9.88 Å². The second-order valence-electron chi connectivity index (χ2n) is 10.0. The van der Waals surface area contributed by atoms with Crippen molar-refractivity contribution >= 4 is 16.9 Å². The van der Waals surface area contributed by atoms with E-state index in [1.54, 1.807) is 30.5 Å². The number of hydrogen-bond donors (Lipinski definition) is 0. The summed E-state index contributed by atoms with van der Waals surface area (Å²) in [5.41, 5.74) is 4.89. The third-order valence-corrected chi connectivity index (χ3v) is 7.23. The van der Waals surface area contributed by atoms with E-state index in [2.05, 4.69) is 4.98 Å². The number of benzene rings is 3. The lowest BCUT2D eigenvalue weighted by molar-refractivity contribution is 0.0714. The fourth-order valence-electron chi connectivity index (χ4n) is 5.42. The number of carbonyl (C=O) groups excluding carboxylic acids is 1. The highest BCUT2D eigenvalue weighted by atomic mass is 16.5. The number of aromatic nitrogens is 1. The molecule has 2 aromatic heterocycles. The number of fused-ring (bicyclic) bond motifs is 2. The van der Waals surface area contributed by atoms with E-state index in [0.717, 1.165) is 27.8 Å². The Bertz CT molecular complexity index is 1780. The summed E-state index contributed by atoms with van der Waals surface area (Å²) < 4.78 is 17.9. The number of rotatable bonds is 7. The molecule has 0 aliphatic carbocycles. The van der Waals surface area contributed by atoms with Gasteiger partial charge >= 0.3 is 0 Å². The number of aryl methyl sites for hydroxylation is 2. The first kappa shape index (κ1) is 25.4. The normalized spacial score (nSPS) is 14.4. The minimum absolute atomic E-state index is 0.0692. The monoisotopic (exact) mass is 532 g/mol. The van der Waals surface area contributed by atoms with Gasteiger partial charge in [0.2, 0.25) is 5.76 Å². The Labute approximate surface area is 231 Å². The van der Waals surface area contributed by atoms with Gasteiger partial charge in [0.15, 0.2) is 16.9 Å². The molecule has 0 radical (unpaired) electrons. The van der Waals surface area contributed by atoms with E-state index in [-0.39, 0.29) is 23.6 Å². The molecule has 7 heteroatoms. The van der Waals surface area contributed by atoms with Gasteiger partial charge in [0, 0.05) is 18.9 Å². The Morgan fingerprint density at radius 3 is 2.48 bits per heavy atom. The van der Waals surface area contributed by atoms with E-state index in [9.17, 15) is 9.59 Å². The molecule has 1 amide bonds. The number of carbonyl (C=O) groups is 1. The molecule has 7 nitrogen and oxygen atoms in total. The van der Waals surface area contributed by atoms with Gasteiger partial charge in [0.1, 0.15) is 12.2 Å². The molecular formula is C33H28N2O5. The number of amides is 1. The second-order valence-corrected chi connectivity index (χ2v) is 10.0. The predicted octanol–water partition coefficient (Wildman–Crippen LogP) is 6.14. The highest BCUT2D eigenvalue weighted by Crippen LogP contribution is 2.42. The van der Waals surface area contributed by atoms with Gasteiger partial charge in [-0.1, -0.05) is 48.5 Å². The predicted molar refractivity (Wildman–Crippen MR) is 152 cm³/mol. The molecule has 1 atom stereocenters. The second kappa shape index (κ2) is 10.3. The van der Waals surface area contributed by atoms with Gasteiger partial charge < -0.3 is 18.8 Å². The van der Waals surface area contributed by atoms with Crippen LogP contribution in [-0.2, 0) is 13.2 Å². The number of nitrogens with zero attached hydrogens (tertiary/aromatic N) is 2. The first-order chi connectivity index (χ1) is 19.4. The first-order valence-corrected chi connectivity index (χ1v) is 13.1. The van der Waals surface area contributed by atoms with E-state index in [1.807, 2.05) is 80.6 Å². The van der Waals surface area contributed by atoms with Crippen LogP contribution in [-0.4, -0.2) is 22.9 Å². The Balaban J connectivity index is 1.47. The van der Waals surface area contributed by atoms with Crippen molar-refractivity contribution in [2.75, 3.05) is 7.11 Å². The third kappa shape index (κ3) is 4.49. The van der Waals surface area contributed by atoms with E-state index in [1.165, 1.54) is 0 Å². The van der Waals surface area contributed by atoms with Crippen LogP contribution in [0.5, 0.6) is 11.5 Å². The van der Waals surface area contributed by atoms with Gasteiger partial charge in [0.05, 0.1) is 24.1 Å². The molecule has 0 saturated carbocycles. The third-order valence-electron chi connectivity index (χ3n) is 7.23. The molecule has 3 heterocycles. The van der Waals surface area contributed by atoms with Gasteiger partial charge in [-0.3, -0.25) is 14.6 Å². The number of methoxy groups -OCH3 is 1. The van der Waals surface area contributed by atoms with Crippen LogP contribution in [0.25, 0.3) is 11.0 Å². The Kier molecular flexibility index (Phi) is 6.56. The van der Waals surface area contributed by atoms with Crippen molar-refractivity contribution in [3.05, 3.63) is 135 Å². The summed E-state index contributed by atoms with van der Waals surface area (Å²) in [7, 11) is 1.57. The molecule has 0 saturated heterocycles. The van der Waals surface area contributed by atoms with Gasteiger partial charge in [0.25, 0.3) is 5.91 Å². The molecule has 0 fully saturated rings. The molecule has 200 valence electrons. The average Bonchev–Trinajstić information content (AvgIpc) is 3.23. The van der Waals surface area contributed by atoms with E-state index in [0.29, 0.717) is 34.6 Å². The molecule has 40 heavy (non-hydrogen) atoms. The number of ether oxygens (including phenoxy) is 2. The highest BCUT2D eigenvalue weighted by molar-refractivity contribution is 5.99. The minimum atomic E-state index is -0.680.